The predicted octanol–water partition coefficient (Wildman–Crippen LogP) is 3.02. The first-order valence-electron chi connectivity index (χ1n) is 7.51. The largest absolute Gasteiger partial charge is 0.465 e. The Hall–Kier alpha value is -1.56. The molecule has 3 heterocycles. The summed E-state index contributed by atoms with van der Waals surface area (Å²) in [4.78, 5) is 15.5. The molecule has 0 aliphatic carbocycles. The molecule has 1 aromatic heterocycles. The summed E-state index contributed by atoms with van der Waals surface area (Å²) in [7, 11) is 1.99. The van der Waals surface area contributed by atoms with Crippen molar-refractivity contribution in [3.05, 3.63) is 17.3 Å². The van der Waals surface area contributed by atoms with Crippen molar-refractivity contribution in [2.45, 2.75) is 56.7 Å². The van der Waals surface area contributed by atoms with Gasteiger partial charge in [0.05, 0.1) is 0 Å². The fourth-order valence-electron chi connectivity index (χ4n) is 4.31. The van der Waals surface area contributed by atoms with Crippen LogP contribution in [0.2, 0.25) is 5.15 Å². The number of nitrogens with zero attached hydrogens (tertiary/aromatic N) is 4. The van der Waals surface area contributed by atoms with Gasteiger partial charge >= 0.3 is 6.09 Å². The Labute approximate surface area is 135 Å². The average molecular weight is 325 g/mol. The number of aromatic nitrogens is 2. The third-order valence-corrected chi connectivity index (χ3v) is 5.55. The molecule has 0 aromatic carbocycles. The molecule has 7 heteroatoms. The summed E-state index contributed by atoms with van der Waals surface area (Å²) >= 11 is 5.79. The molecule has 0 spiro atoms. The van der Waals surface area contributed by atoms with Gasteiger partial charge in [0.1, 0.15) is 0 Å². The zero-order chi connectivity index (χ0) is 16.1. The molecule has 6 nitrogen and oxygen atoms in total. The number of rotatable bonds is 2. The molecule has 22 heavy (non-hydrogen) atoms. The molecule has 1 amide bonds. The fourth-order valence-corrected chi connectivity index (χ4v) is 4.41. The smallest absolute Gasteiger partial charge is 0.408 e. The van der Waals surface area contributed by atoms with Gasteiger partial charge < -0.3 is 10.0 Å². The van der Waals surface area contributed by atoms with Crippen molar-refractivity contribution in [3.63, 3.8) is 0 Å². The number of halogens is 1. The molecule has 2 saturated heterocycles. The van der Waals surface area contributed by atoms with E-state index in [0.29, 0.717) is 5.15 Å². The quantitative estimate of drug-likeness (QED) is 0.905. The van der Waals surface area contributed by atoms with Gasteiger partial charge in [0.15, 0.2) is 11.0 Å². The van der Waals surface area contributed by atoms with Gasteiger partial charge in [-0.2, -0.15) is 0 Å². The number of hydrogen-bond acceptors (Lipinski definition) is 4. The van der Waals surface area contributed by atoms with Gasteiger partial charge in [0.2, 0.25) is 0 Å². The van der Waals surface area contributed by atoms with Crippen molar-refractivity contribution >= 4 is 23.5 Å². The second kappa shape index (κ2) is 4.98. The van der Waals surface area contributed by atoms with Crippen LogP contribution in [-0.4, -0.2) is 50.5 Å². The number of carboxylic acid groups (broad SMARTS) is 1. The minimum atomic E-state index is -0.810. The van der Waals surface area contributed by atoms with E-state index in [0.717, 1.165) is 31.5 Å². The Morgan fingerprint density at radius 3 is 2.36 bits per heavy atom. The SMILES string of the molecule is CN(c1ccc(Cl)nn1)C1C[C@]2(C)CC[C@](C)(C1)N2C(=O)O. The number of anilines is 1. The lowest BCUT2D eigenvalue weighted by molar-refractivity contribution is 0.0131. The Bertz CT molecular complexity index is 576. The van der Waals surface area contributed by atoms with Gasteiger partial charge in [-0.25, -0.2) is 4.79 Å². The Kier molecular flexibility index (Phi) is 3.47. The first-order valence-corrected chi connectivity index (χ1v) is 7.88. The van der Waals surface area contributed by atoms with E-state index in [1.54, 1.807) is 11.0 Å². The maximum absolute atomic E-state index is 11.7. The zero-order valence-corrected chi connectivity index (χ0v) is 13.8. The highest BCUT2D eigenvalue weighted by molar-refractivity contribution is 6.29. The maximum atomic E-state index is 11.7. The lowest BCUT2D eigenvalue weighted by Crippen LogP contribution is -2.62. The maximum Gasteiger partial charge on any atom is 0.408 e. The van der Waals surface area contributed by atoms with E-state index < -0.39 is 6.09 Å². The molecular weight excluding hydrogens is 304 g/mol. The van der Waals surface area contributed by atoms with Gasteiger partial charge in [-0.05, 0) is 51.7 Å². The molecule has 120 valence electrons. The van der Waals surface area contributed by atoms with Crippen LogP contribution in [0.25, 0.3) is 0 Å². The van der Waals surface area contributed by atoms with Gasteiger partial charge in [-0.15, -0.1) is 10.2 Å². The van der Waals surface area contributed by atoms with Crippen molar-refractivity contribution in [1.29, 1.82) is 0 Å². The van der Waals surface area contributed by atoms with E-state index in [4.69, 9.17) is 11.6 Å². The summed E-state index contributed by atoms with van der Waals surface area (Å²) < 4.78 is 0. The highest BCUT2D eigenvalue weighted by Gasteiger charge is 2.58. The van der Waals surface area contributed by atoms with Gasteiger partial charge in [0.25, 0.3) is 0 Å². The number of hydrogen-bond donors (Lipinski definition) is 1. The van der Waals surface area contributed by atoms with Gasteiger partial charge in [-0.3, -0.25) is 4.90 Å². The molecule has 1 N–H and O–H groups in total. The van der Waals surface area contributed by atoms with Crippen LogP contribution >= 0.6 is 11.6 Å². The highest BCUT2D eigenvalue weighted by atomic mass is 35.5. The van der Waals surface area contributed by atoms with Gasteiger partial charge in [0, 0.05) is 24.2 Å². The van der Waals surface area contributed by atoms with E-state index in [2.05, 4.69) is 28.9 Å². The number of piperidine rings is 1. The molecule has 2 aliphatic rings. The van der Waals surface area contributed by atoms with E-state index in [-0.39, 0.29) is 17.1 Å². The first-order chi connectivity index (χ1) is 10.3. The first kappa shape index (κ1) is 15.3. The summed E-state index contributed by atoms with van der Waals surface area (Å²) in [6.45, 7) is 4.11. The molecule has 3 rings (SSSR count). The van der Waals surface area contributed by atoms with Crippen LogP contribution in [0, 0.1) is 0 Å². The van der Waals surface area contributed by atoms with Crippen molar-refractivity contribution in [3.8, 4) is 0 Å². The second-order valence-electron chi connectivity index (χ2n) is 7.00. The number of carbonyl (C=O) groups is 1. The topological polar surface area (TPSA) is 69.6 Å². The molecule has 2 aliphatic heterocycles. The molecule has 1 unspecified atom stereocenters. The van der Waals surface area contributed by atoms with Crippen molar-refractivity contribution in [1.82, 2.24) is 15.1 Å². The fraction of sp³-hybridized carbons (Fsp3) is 0.667. The lowest BCUT2D eigenvalue weighted by Gasteiger charge is -2.51. The Morgan fingerprint density at radius 2 is 1.91 bits per heavy atom. The molecule has 1 aromatic rings. The molecule has 3 atom stereocenters. The van der Waals surface area contributed by atoms with Crippen molar-refractivity contribution < 1.29 is 9.90 Å². The molecule has 0 saturated carbocycles. The number of amides is 1. The van der Waals surface area contributed by atoms with Crippen LogP contribution in [0.1, 0.15) is 39.5 Å². The van der Waals surface area contributed by atoms with E-state index in [9.17, 15) is 9.90 Å². The molecular formula is C15H21ClN4O2. The minimum absolute atomic E-state index is 0.239. The summed E-state index contributed by atoms with van der Waals surface area (Å²) in [5.41, 5.74) is -0.616. The van der Waals surface area contributed by atoms with Crippen LogP contribution in [-0.2, 0) is 0 Å². The molecule has 2 bridgehead atoms. The third kappa shape index (κ3) is 2.29. The van der Waals surface area contributed by atoms with E-state index in [1.807, 2.05) is 13.1 Å². The molecule has 0 radical (unpaired) electrons. The Balaban J connectivity index is 1.87. The highest BCUT2D eigenvalue weighted by Crippen LogP contribution is 2.51. The normalized spacial score (nSPS) is 33.8. The van der Waals surface area contributed by atoms with Crippen LogP contribution in [0.3, 0.4) is 0 Å². The zero-order valence-electron chi connectivity index (χ0n) is 13.1. The molecule has 2 fully saturated rings. The summed E-state index contributed by atoms with van der Waals surface area (Å²) in [5, 5.41) is 18.0. The summed E-state index contributed by atoms with van der Waals surface area (Å²) in [6.07, 6.45) is 2.61. The Morgan fingerprint density at radius 1 is 1.32 bits per heavy atom. The van der Waals surface area contributed by atoms with Crippen LogP contribution in [0.5, 0.6) is 0 Å². The van der Waals surface area contributed by atoms with Crippen molar-refractivity contribution in [2.75, 3.05) is 11.9 Å². The lowest BCUT2D eigenvalue weighted by atomic mass is 9.82. The number of fused-ring (bicyclic) bond motifs is 2. The standard InChI is InChI=1S/C15H21ClN4O2/c1-14-6-7-15(2,20(14)13(21)22)9-10(8-14)19(3)12-5-4-11(16)17-18-12/h4-5,10H,6-9H2,1-3H3,(H,21,22)/t10?,14-,15+. The summed E-state index contributed by atoms with van der Waals surface area (Å²) in [5.74, 6) is 0.768. The third-order valence-electron chi connectivity index (χ3n) is 5.35. The predicted molar refractivity (Wildman–Crippen MR) is 84.4 cm³/mol. The summed E-state index contributed by atoms with van der Waals surface area (Å²) in [6, 6.07) is 3.82. The van der Waals surface area contributed by atoms with Crippen molar-refractivity contribution in [2.24, 2.45) is 0 Å². The van der Waals surface area contributed by atoms with E-state index >= 15 is 0 Å². The van der Waals surface area contributed by atoms with Crippen LogP contribution < -0.4 is 4.90 Å². The van der Waals surface area contributed by atoms with E-state index in [1.165, 1.54) is 0 Å². The second-order valence-corrected chi connectivity index (χ2v) is 7.39. The monoisotopic (exact) mass is 324 g/mol. The van der Waals surface area contributed by atoms with Gasteiger partial charge in [-0.1, -0.05) is 11.6 Å². The van der Waals surface area contributed by atoms with Crippen LogP contribution in [0.15, 0.2) is 12.1 Å². The average Bonchev–Trinajstić information content (AvgIpc) is 2.61. The van der Waals surface area contributed by atoms with Crippen LogP contribution in [0.4, 0.5) is 10.6 Å². The minimum Gasteiger partial charge on any atom is -0.465 e.